The largest absolute Gasteiger partial charge is 0.490 e. The van der Waals surface area contributed by atoms with E-state index in [1.165, 1.54) is 12.4 Å². The van der Waals surface area contributed by atoms with Crippen LogP contribution in [0, 0.1) is 0 Å². The van der Waals surface area contributed by atoms with Gasteiger partial charge in [0.2, 0.25) is 0 Å². The predicted octanol–water partition coefficient (Wildman–Crippen LogP) is 3.24. The van der Waals surface area contributed by atoms with E-state index in [1.54, 1.807) is 36.8 Å². The number of pyridine rings is 2. The van der Waals surface area contributed by atoms with E-state index >= 15 is 0 Å². The first-order valence-electron chi connectivity index (χ1n) is 11.5. The molecule has 4 rings (SSSR count). The van der Waals surface area contributed by atoms with Crippen molar-refractivity contribution in [3.05, 3.63) is 54.7 Å². The lowest BCUT2D eigenvalue weighted by Crippen LogP contribution is -2.45. The molecule has 14 heteroatoms. The summed E-state index contributed by atoms with van der Waals surface area (Å²) >= 11 is 0. The molecule has 0 aliphatic carbocycles. The van der Waals surface area contributed by atoms with Crippen molar-refractivity contribution in [2.45, 2.75) is 32.0 Å². The van der Waals surface area contributed by atoms with Crippen LogP contribution in [0.5, 0.6) is 17.4 Å². The number of nitrogens with zero attached hydrogens (tertiary/aromatic N) is 4. The van der Waals surface area contributed by atoms with E-state index in [9.17, 15) is 18.0 Å². The van der Waals surface area contributed by atoms with Gasteiger partial charge in [-0.15, -0.1) is 0 Å². The van der Waals surface area contributed by atoms with E-state index in [0.29, 0.717) is 40.9 Å². The number of carboxylic acid groups (broad SMARTS) is 1. The molecule has 1 aliphatic rings. The van der Waals surface area contributed by atoms with Gasteiger partial charge < -0.3 is 25.2 Å². The molecule has 4 heterocycles. The van der Waals surface area contributed by atoms with E-state index < -0.39 is 12.1 Å². The van der Waals surface area contributed by atoms with E-state index in [1.807, 2.05) is 6.92 Å². The van der Waals surface area contributed by atoms with Crippen LogP contribution >= 0.6 is 0 Å². The number of carboxylic acids is 1. The predicted molar refractivity (Wildman–Crippen MR) is 128 cm³/mol. The summed E-state index contributed by atoms with van der Waals surface area (Å²) in [6.45, 7) is 4.18. The molecule has 3 N–H and O–H groups in total. The normalized spacial score (nSPS) is 15.0. The van der Waals surface area contributed by atoms with Crippen molar-refractivity contribution in [2.75, 3.05) is 19.7 Å². The minimum atomic E-state index is -5.08. The number of ether oxygens (including phenoxy) is 2. The van der Waals surface area contributed by atoms with E-state index in [4.69, 9.17) is 19.4 Å². The smallest absolute Gasteiger partial charge is 0.488 e. The number of aliphatic carboxylic acids is 1. The molecule has 0 bridgehead atoms. The Kier molecular flexibility index (Phi) is 9.87. The lowest BCUT2D eigenvalue weighted by Gasteiger charge is -2.23. The number of carbonyl (C=O) groups excluding carboxylic acids is 1. The summed E-state index contributed by atoms with van der Waals surface area (Å²) in [4.78, 5) is 38.4. The zero-order valence-corrected chi connectivity index (χ0v) is 20.2. The van der Waals surface area contributed by atoms with Gasteiger partial charge in [-0.2, -0.15) is 13.2 Å². The third-order valence-electron chi connectivity index (χ3n) is 5.01. The molecule has 0 saturated carbocycles. The van der Waals surface area contributed by atoms with Crippen LogP contribution in [-0.2, 0) is 4.79 Å². The lowest BCUT2D eigenvalue weighted by molar-refractivity contribution is -0.192. The van der Waals surface area contributed by atoms with Crippen LogP contribution in [0.1, 0.15) is 30.1 Å². The van der Waals surface area contributed by atoms with Crippen LogP contribution in [0.25, 0.3) is 11.4 Å². The molecule has 0 radical (unpaired) electrons. The molecule has 3 aromatic heterocycles. The number of rotatable bonds is 7. The van der Waals surface area contributed by atoms with Crippen LogP contribution in [0.15, 0.2) is 49.2 Å². The first-order chi connectivity index (χ1) is 18.2. The van der Waals surface area contributed by atoms with Crippen molar-refractivity contribution in [1.82, 2.24) is 30.6 Å². The Morgan fingerprint density at radius 2 is 1.92 bits per heavy atom. The van der Waals surface area contributed by atoms with Gasteiger partial charge in [0.15, 0.2) is 11.6 Å². The third-order valence-corrected chi connectivity index (χ3v) is 5.01. The summed E-state index contributed by atoms with van der Waals surface area (Å²) in [5.41, 5.74) is 1.08. The molecule has 1 aliphatic heterocycles. The number of nitrogens with one attached hydrogen (secondary N) is 2. The first-order valence-corrected chi connectivity index (χ1v) is 11.5. The quantitative estimate of drug-likeness (QED) is 0.412. The molecule has 1 saturated heterocycles. The highest BCUT2D eigenvalue weighted by Gasteiger charge is 2.38. The van der Waals surface area contributed by atoms with Gasteiger partial charge >= 0.3 is 12.1 Å². The van der Waals surface area contributed by atoms with Gasteiger partial charge in [-0.05, 0) is 44.5 Å². The summed E-state index contributed by atoms with van der Waals surface area (Å²) in [6.07, 6.45) is 4.82. The second-order valence-corrected chi connectivity index (χ2v) is 7.87. The summed E-state index contributed by atoms with van der Waals surface area (Å²) in [5.74, 6) is -1.10. The molecule has 1 unspecified atom stereocenters. The summed E-state index contributed by atoms with van der Waals surface area (Å²) in [6, 6.07) is 5.47. The molecule has 1 fully saturated rings. The van der Waals surface area contributed by atoms with Crippen molar-refractivity contribution in [3.8, 4) is 28.8 Å². The average molecular weight is 534 g/mol. The minimum absolute atomic E-state index is 0.132. The second kappa shape index (κ2) is 13.3. The van der Waals surface area contributed by atoms with Gasteiger partial charge in [-0.1, -0.05) is 0 Å². The van der Waals surface area contributed by atoms with Gasteiger partial charge in [-0.3, -0.25) is 9.78 Å². The number of carbonyl (C=O) groups is 2. The van der Waals surface area contributed by atoms with Crippen LogP contribution in [0.4, 0.5) is 13.2 Å². The van der Waals surface area contributed by atoms with Crippen LogP contribution in [-0.4, -0.2) is 68.8 Å². The molecule has 0 spiro atoms. The highest BCUT2D eigenvalue weighted by atomic mass is 19.4. The standard InChI is InChI=1S/C22H24N6O3.C2HF3O2/c1-2-30-19-6-4-8-25-22(19)31-18-9-15(10-24-14-18)20-26-11-16(12-27-20)21(29)28-17-5-3-7-23-13-17;3-2(4,5)1(6)7/h4,6,8-12,14,17,23H,2-3,5,7,13H2,1H3,(H,28,29);(H,6,7). The van der Waals surface area contributed by atoms with Crippen molar-refractivity contribution in [3.63, 3.8) is 0 Å². The zero-order valence-electron chi connectivity index (χ0n) is 20.2. The zero-order chi connectivity index (χ0) is 27.5. The van der Waals surface area contributed by atoms with Gasteiger partial charge in [0.05, 0.1) is 18.4 Å². The third kappa shape index (κ3) is 8.37. The Labute approximate surface area is 215 Å². The SMILES string of the molecule is CCOc1cccnc1Oc1cncc(-c2ncc(C(=O)NC3CCCNC3)cn2)c1.O=C(O)C(F)(F)F. The van der Waals surface area contributed by atoms with Gasteiger partial charge in [0, 0.05) is 42.9 Å². The number of alkyl halides is 3. The molecule has 3 aromatic rings. The summed E-state index contributed by atoms with van der Waals surface area (Å²) in [5, 5.41) is 13.4. The molecule has 11 nitrogen and oxygen atoms in total. The van der Waals surface area contributed by atoms with E-state index in [0.717, 1.165) is 25.9 Å². The van der Waals surface area contributed by atoms with Crippen molar-refractivity contribution in [2.24, 2.45) is 0 Å². The van der Waals surface area contributed by atoms with Crippen molar-refractivity contribution < 1.29 is 37.3 Å². The highest BCUT2D eigenvalue weighted by Crippen LogP contribution is 2.30. The maximum atomic E-state index is 12.4. The maximum Gasteiger partial charge on any atom is 0.490 e. The molecule has 202 valence electrons. The highest BCUT2D eigenvalue weighted by molar-refractivity contribution is 5.93. The summed E-state index contributed by atoms with van der Waals surface area (Å²) in [7, 11) is 0. The van der Waals surface area contributed by atoms with E-state index in [2.05, 4.69) is 30.6 Å². The molecule has 1 amide bonds. The van der Waals surface area contributed by atoms with Crippen LogP contribution < -0.4 is 20.1 Å². The Hall–Kier alpha value is -4.33. The van der Waals surface area contributed by atoms with E-state index in [-0.39, 0.29) is 11.9 Å². The second-order valence-electron chi connectivity index (χ2n) is 7.87. The number of hydrogen-bond acceptors (Lipinski definition) is 9. The molecular weight excluding hydrogens is 509 g/mol. The monoisotopic (exact) mass is 534 g/mol. The van der Waals surface area contributed by atoms with Crippen molar-refractivity contribution in [1.29, 1.82) is 0 Å². The molecular formula is C24H25F3N6O5. The Balaban J connectivity index is 0.000000505. The van der Waals surface area contributed by atoms with Gasteiger partial charge in [0.25, 0.3) is 11.8 Å². The number of piperidine rings is 1. The van der Waals surface area contributed by atoms with Crippen LogP contribution in [0.2, 0.25) is 0 Å². The summed E-state index contributed by atoms with van der Waals surface area (Å²) < 4.78 is 43.1. The maximum absolute atomic E-state index is 12.4. The fraction of sp³-hybridized carbons (Fsp3) is 0.333. The number of amides is 1. The van der Waals surface area contributed by atoms with Crippen molar-refractivity contribution >= 4 is 11.9 Å². The minimum Gasteiger partial charge on any atom is -0.488 e. The Morgan fingerprint density at radius 1 is 1.18 bits per heavy atom. The Morgan fingerprint density at radius 3 is 2.55 bits per heavy atom. The molecule has 0 aromatic carbocycles. The number of halogens is 3. The Bertz CT molecular complexity index is 1220. The lowest BCUT2D eigenvalue weighted by atomic mass is 10.1. The topological polar surface area (TPSA) is 148 Å². The van der Waals surface area contributed by atoms with Gasteiger partial charge in [0.1, 0.15) is 5.75 Å². The van der Waals surface area contributed by atoms with Crippen LogP contribution in [0.3, 0.4) is 0 Å². The fourth-order valence-electron chi connectivity index (χ4n) is 3.26. The fourth-order valence-corrected chi connectivity index (χ4v) is 3.26. The average Bonchev–Trinajstić information content (AvgIpc) is 2.91. The van der Waals surface area contributed by atoms with Gasteiger partial charge in [-0.25, -0.2) is 19.7 Å². The first kappa shape index (κ1) is 28.2. The molecule has 1 atom stereocenters. The number of hydrogen-bond donors (Lipinski definition) is 3. The number of aromatic nitrogens is 4. The molecule has 38 heavy (non-hydrogen) atoms.